The Hall–Kier alpha value is -0.380. The molecule has 0 amide bonds. The number of rotatable bonds is 6. The van der Waals surface area contributed by atoms with E-state index in [-0.39, 0.29) is 6.10 Å². The minimum absolute atomic E-state index is 0.268. The van der Waals surface area contributed by atoms with Gasteiger partial charge in [0, 0.05) is 17.1 Å². The molecule has 18 heavy (non-hydrogen) atoms. The molecule has 0 aromatic heterocycles. The molecular weight excluding hydrogens is 290 g/mol. The van der Waals surface area contributed by atoms with E-state index in [0.717, 1.165) is 17.1 Å². The monoisotopic (exact) mass is 311 g/mol. The van der Waals surface area contributed by atoms with Crippen LogP contribution in [0.5, 0.6) is 0 Å². The van der Waals surface area contributed by atoms with Gasteiger partial charge in [0.15, 0.2) is 0 Å². The number of nitrogens with one attached hydrogen (secondary N) is 1. The van der Waals surface area contributed by atoms with Gasteiger partial charge in [-0.15, -0.1) is 0 Å². The van der Waals surface area contributed by atoms with Gasteiger partial charge in [-0.25, -0.2) is 0 Å². The van der Waals surface area contributed by atoms with E-state index >= 15 is 0 Å². The van der Waals surface area contributed by atoms with Crippen molar-refractivity contribution in [2.75, 3.05) is 6.54 Å². The van der Waals surface area contributed by atoms with Gasteiger partial charge in [-0.3, -0.25) is 0 Å². The first-order valence-electron chi connectivity index (χ1n) is 6.83. The highest BCUT2D eigenvalue weighted by molar-refractivity contribution is 9.10. The lowest BCUT2D eigenvalue weighted by atomic mass is 10.2. The highest BCUT2D eigenvalue weighted by Crippen LogP contribution is 2.17. The fourth-order valence-corrected chi connectivity index (χ4v) is 2.83. The van der Waals surface area contributed by atoms with Gasteiger partial charge in [0.05, 0.1) is 12.7 Å². The van der Waals surface area contributed by atoms with Gasteiger partial charge in [-0.2, -0.15) is 0 Å². The Balaban J connectivity index is 1.66. The van der Waals surface area contributed by atoms with Crippen molar-refractivity contribution < 1.29 is 4.74 Å². The van der Waals surface area contributed by atoms with E-state index in [2.05, 4.69) is 40.3 Å². The lowest BCUT2D eigenvalue weighted by molar-refractivity contribution is 0.0514. The van der Waals surface area contributed by atoms with E-state index in [1.54, 1.807) is 0 Å². The maximum atomic E-state index is 5.86. The van der Waals surface area contributed by atoms with Gasteiger partial charge in [0.2, 0.25) is 0 Å². The number of ether oxygens (including phenoxy) is 1. The minimum Gasteiger partial charge on any atom is -0.373 e. The SMILES string of the molecule is CC(CNC1CCCC1)OCc1cccc(Br)c1. The standard InChI is InChI=1S/C15H22BrNO/c1-12(10-17-15-7-2-3-8-15)18-11-13-5-4-6-14(16)9-13/h4-6,9,12,15,17H,2-3,7-8,10-11H2,1H3. The summed E-state index contributed by atoms with van der Waals surface area (Å²) >= 11 is 3.48. The Labute approximate surface area is 118 Å². The summed E-state index contributed by atoms with van der Waals surface area (Å²) in [5, 5.41) is 3.59. The molecule has 2 rings (SSSR count). The number of hydrogen-bond acceptors (Lipinski definition) is 2. The van der Waals surface area contributed by atoms with E-state index in [4.69, 9.17) is 4.74 Å². The topological polar surface area (TPSA) is 21.3 Å². The van der Waals surface area contributed by atoms with Crippen LogP contribution in [-0.4, -0.2) is 18.7 Å². The summed E-state index contributed by atoms with van der Waals surface area (Å²) in [6.45, 7) is 3.78. The molecule has 1 fully saturated rings. The summed E-state index contributed by atoms with van der Waals surface area (Å²) in [6, 6.07) is 9.01. The highest BCUT2D eigenvalue weighted by atomic mass is 79.9. The summed E-state index contributed by atoms with van der Waals surface area (Å²) in [5.41, 5.74) is 1.22. The van der Waals surface area contributed by atoms with E-state index < -0.39 is 0 Å². The molecule has 1 aliphatic carbocycles. The molecule has 1 aliphatic rings. The third-order valence-electron chi connectivity index (χ3n) is 3.47. The first kappa shape index (κ1) is 14.0. The maximum Gasteiger partial charge on any atom is 0.0721 e. The smallest absolute Gasteiger partial charge is 0.0721 e. The van der Waals surface area contributed by atoms with Crippen LogP contribution in [0, 0.1) is 0 Å². The molecule has 1 aromatic rings. The second kappa shape index (κ2) is 7.27. The predicted molar refractivity (Wildman–Crippen MR) is 78.7 cm³/mol. The van der Waals surface area contributed by atoms with E-state index in [1.807, 2.05) is 12.1 Å². The zero-order valence-electron chi connectivity index (χ0n) is 11.0. The molecule has 100 valence electrons. The number of hydrogen-bond donors (Lipinski definition) is 1. The van der Waals surface area contributed by atoms with E-state index in [9.17, 15) is 0 Å². The Morgan fingerprint density at radius 3 is 2.89 bits per heavy atom. The van der Waals surface area contributed by atoms with Gasteiger partial charge in [0.1, 0.15) is 0 Å². The van der Waals surface area contributed by atoms with Crippen LogP contribution in [0.25, 0.3) is 0 Å². The zero-order valence-corrected chi connectivity index (χ0v) is 12.6. The molecule has 0 saturated heterocycles. The molecule has 1 atom stereocenters. The third kappa shape index (κ3) is 4.71. The molecule has 1 saturated carbocycles. The fourth-order valence-electron chi connectivity index (χ4n) is 2.39. The fraction of sp³-hybridized carbons (Fsp3) is 0.600. The molecule has 0 bridgehead atoms. The lowest BCUT2D eigenvalue weighted by Gasteiger charge is -2.17. The number of benzene rings is 1. The molecule has 1 N–H and O–H groups in total. The minimum atomic E-state index is 0.268. The normalized spacial score (nSPS) is 18.1. The van der Waals surface area contributed by atoms with Gasteiger partial charge in [-0.05, 0) is 37.5 Å². The summed E-state index contributed by atoms with van der Waals surface area (Å²) in [6.07, 6.45) is 5.69. The Morgan fingerprint density at radius 2 is 2.17 bits per heavy atom. The average molecular weight is 312 g/mol. The second-order valence-corrected chi connectivity index (χ2v) is 6.06. The Kier molecular flexibility index (Phi) is 5.67. The molecule has 0 spiro atoms. The first-order chi connectivity index (χ1) is 8.74. The van der Waals surface area contributed by atoms with Crippen LogP contribution < -0.4 is 5.32 Å². The van der Waals surface area contributed by atoms with Gasteiger partial charge < -0.3 is 10.1 Å². The number of halogens is 1. The molecular formula is C15H22BrNO. The first-order valence-corrected chi connectivity index (χ1v) is 7.63. The quantitative estimate of drug-likeness (QED) is 0.860. The molecule has 1 unspecified atom stereocenters. The predicted octanol–water partition coefficient (Wildman–Crippen LogP) is 3.89. The van der Waals surface area contributed by atoms with Gasteiger partial charge >= 0.3 is 0 Å². The van der Waals surface area contributed by atoms with Crippen LogP contribution in [0.1, 0.15) is 38.2 Å². The van der Waals surface area contributed by atoms with Crippen LogP contribution in [0.2, 0.25) is 0 Å². The van der Waals surface area contributed by atoms with Crippen molar-refractivity contribution in [3.05, 3.63) is 34.3 Å². The van der Waals surface area contributed by atoms with Crippen molar-refractivity contribution in [3.8, 4) is 0 Å². The average Bonchev–Trinajstić information content (AvgIpc) is 2.87. The lowest BCUT2D eigenvalue weighted by Crippen LogP contribution is -2.33. The second-order valence-electron chi connectivity index (χ2n) is 5.14. The van der Waals surface area contributed by atoms with Crippen LogP contribution >= 0.6 is 15.9 Å². The summed E-state index contributed by atoms with van der Waals surface area (Å²) in [7, 11) is 0. The summed E-state index contributed by atoms with van der Waals surface area (Å²) in [4.78, 5) is 0. The maximum absolute atomic E-state index is 5.86. The Bertz CT molecular complexity index is 363. The molecule has 1 aromatic carbocycles. The molecule has 0 aliphatic heterocycles. The molecule has 2 nitrogen and oxygen atoms in total. The molecule has 0 heterocycles. The molecule has 3 heteroatoms. The van der Waals surface area contributed by atoms with E-state index in [1.165, 1.54) is 31.2 Å². The van der Waals surface area contributed by atoms with Crippen LogP contribution in [0.15, 0.2) is 28.7 Å². The van der Waals surface area contributed by atoms with Crippen molar-refractivity contribution >= 4 is 15.9 Å². The van der Waals surface area contributed by atoms with Crippen molar-refractivity contribution in [1.29, 1.82) is 0 Å². The summed E-state index contributed by atoms with van der Waals surface area (Å²) < 4.78 is 6.97. The third-order valence-corrected chi connectivity index (χ3v) is 3.97. The highest BCUT2D eigenvalue weighted by Gasteiger charge is 2.15. The Morgan fingerprint density at radius 1 is 1.39 bits per heavy atom. The molecule has 0 radical (unpaired) electrons. The van der Waals surface area contributed by atoms with E-state index in [0.29, 0.717) is 6.61 Å². The van der Waals surface area contributed by atoms with Crippen molar-refractivity contribution in [2.45, 2.75) is 51.4 Å². The van der Waals surface area contributed by atoms with Crippen LogP contribution in [0.4, 0.5) is 0 Å². The summed E-state index contributed by atoms with van der Waals surface area (Å²) in [5.74, 6) is 0. The van der Waals surface area contributed by atoms with Gasteiger partial charge in [-0.1, -0.05) is 40.9 Å². The van der Waals surface area contributed by atoms with Gasteiger partial charge in [0.25, 0.3) is 0 Å². The van der Waals surface area contributed by atoms with Crippen LogP contribution in [0.3, 0.4) is 0 Å². The van der Waals surface area contributed by atoms with Crippen LogP contribution in [-0.2, 0) is 11.3 Å². The van der Waals surface area contributed by atoms with Crippen molar-refractivity contribution in [1.82, 2.24) is 5.32 Å². The zero-order chi connectivity index (χ0) is 12.8. The largest absolute Gasteiger partial charge is 0.373 e. The van der Waals surface area contributed by atoms with Crippen molar-refractivity contribution in [3.63, 3.8) is 0 Å². The van der Waals surface area contributed by atoms with Crippen molar-refractivity contribution in [2.24, 2.45) is 0 Å².